The molecule has 1 aromatic heterocycles. The minimum absolute atomic E-state index is 0.101. The molecule has 0 saturated carbocycles. The zero-order chi connectivity index (χ0) is 16.8. The molecule has 0 bridgehead atoms. The van der Waals surface area contributed by atoms with Crippen molar-refractivity contribution in [3.05, 3.63) is 21.1 Å². The second kappa shape index (κ2) is 8.49. The molecule has 0 radical (unpaired) electrons. The monoisotopic (exact) mass is 387 g/mol. The fourth-order valence-electron chi connectivity index (χ4n) is 1.74. The topological polar surface area (TPSA) is 71.9 Å². The number of hydrogen-bond acceptors (Lipinski definition) is 6. The van der Waals surface area contributed by atoms with Crippen LogP contribution in [0.1, 0.15) is 5.56 Å². The Labute approximate surface area is 140 Å². The fourth-order valence-corrected chi connectivity index (χ4v) is 2.79. The van der Waals surface area contributed by atoms with Crippen molar-refractivity contribution in [3.63, 3.8) is 0 Å². The zero-order valence-corrected chi connectivity index (χ0v) is 16.0. The number of aromatic nitrogens is 1. The minimum atomic E-state index is -1.16. The molecule has 1 rings (SSSR count). The van der Waals surface area contributed by atoms with Crippen LogP contribution in [0.2, 0.25) is 25.7 Å². The Bertz CT molecular complexity index is 535. The van der Waals surface area contributed by atoms with Gasteiger partial charge in [0.05, 0.1) is 6.54 Å². The van der Waals surface area contributed by atoms with Crippen LogP contribution in [-0.2, 0) is 9.53 Å². The van der Waals surface area contributed by atoms with E-state index in [9.17, 15) is 9.70 Å². The number of anilines is 1. The second-order valence-electron chi connectivity index (χ2n) is 6.23. The number of halogens is 1. The van der Waals surface area contributed by atoms with Gasteiger partial charge in [0.2, 0.25) is 0 Å². The normalized spacial score (nSPS) is 11.3. The van der Waals surface area contributed by atoms with E-state index in [1.54, 1.807) is 18.0 Å². The number of carbonyl (C=O) groups is 1. The molecule has 1 aromatic rings. The van der Waals surface area contributed by atoms with E-state index in [-0.39, 0.29) is 19.0 Å². The molecule has 0 atom stereocenters. The number of nitrogens with zero attached hydrogens (tertiary/aromatic N) is 3. The van der Waals surface area contributed by atoms with Gasteiger partial charge in [-0.05, 0) is 39.6 Å². The van der Waals surface area contributed by atoms with E-state index in [0.717, 1.165) is 12.3 Å². The van der Waals surface area contributed by atoms with Gasteiger partial charge in [-0.3, -0.25) is 0 Å². The quantitative estimate of drug-likeness (QED) is 0.211. The molecule has 0 saturated heterocycles. The summed E-state index contributed by atoms with van der Waals surface area (Å²) >= 11 is 3.32. The van der Waals surface area contributed by atoms with Gasteiger partial charge >= 0.3 is 0 Å². The summed E-state index contributed by atoms with van der Waals surface area (Å²) in [5.74, 6) is 0.371. The SMILES string of the molecule is Cc1c(Br)cnc(N(CC=O)COCC[Si](C)(C)C)c1N=O. The van der Waals surface area contributed by atoms with E-state index in [4.69, 9.17) is 4.74 Å². The maximum Gasteiger partial charge on any atom is 0.160 e. The first-order chi connectivity index (χ1) is 10.3. The average molecular weight is 388 g/mol. The summed E-state index contributed by atoms with van der Waals surface area (Å²) < 4.78 is 6.36. The van der Waals surface area contributed by atoms with Crippen LogP contribution in [0.25, 0.3) is 0 Å². The third kappa shape index (κ3) is 5.58. The molecular formula is C14H22BrN3O3Si. The van der Waals surface area contributed by atoms with Crippen molar-refractivity contribution in [2.24, 2.45) is 5.18 Å². The van der Waals surface area contributed by atoms with Crippen LogP contribution in [0.15, 0.2) is 15.8 Å². The third-order valence-electron chi connectivity index (χ3n) is 3.15. The van der Waals surface area contributed by atoms with Crippen molar-refractivity contribution in [2.75, 3.05) is 24.8 Å². The van der Waals surface area contributed by atoms with Crippen LogP contribution in [0.5, 0.6) is 0 Å². The molecule has 0 fully saturated rings. The van der Waals surface area contributed by atoms with Gasteiger partial charge in [-0.1, -0.05) is 19.6 Å². The van der Waals surface area contributed by atoms with Crippen molar-refractivity contribution in [3.8, 4) is 0 Å². The number of pyridine rings is 1. The van der Waals surface area contributed by atoms with E-state index in [1.165, 1.54) is 0 Å². The molecule has 0 aliphatic rings. The number of rotatable bonds is 9. The molecule has 8 heteroatoms. The van der Waals surface area contributed by atoms with E-state index in [1.807, 2.05) is 0 Å². The third-order valence-corrected chi connectivity index (χ3v) is 5.66. The lowest BCUT2D eigenvalue weighted by Crippen LogP contribution is -2.30. The summed E-state index contributed by atoms with van der Waals surface area (Å²) in [6.07, 6.45) is 2.36. The predicted molar refractivity (Wildman–Crippen MR) is 94.5 cm³/mol. The van der Waals surface area contributed by atoms with E-state index < -0.39 is 8.07 Å². The lowest BCUT2D eigenvalue weighted by atomic mass is 10.2. The van der Waals surface area contributed by atoms with Crippen LogP contribution >= 0.6 is 15.9 Å². The van der Waals surface area contributed by atoms with Crippen molar-refractivity contribution in [1.82, 2.24) is 4.98 Å². The van der Waals surface area contributed by atoms with E-state index in [0.29, 0.717) is 22.5 Å². The smallest absolute Gasteiger partial charge is 0.160 e. The lowest BCUT2D eigenvalue weighted by Gasteiger charge is -2.23. The van der Waals surface area contributed by atoms with Crippen LogP contribution in [0.3, 0.4) is 0 Å². The van der Waals surface area contributed by atoms with Crippen molar-refractivity contribution in [2.45, 2.75) is 32.6 Å². The first-order valence-electron chi connectivity index (χ1n) is 7.05. The summed E-state index contributed by atoms with van der Waals surface area (Å²) in [6, 6.07) is 1.04. The molecule has 6 nitrogen and oxygen atoms in total. The Morgan fingerprint density at radius 3 is 2.68 bits per heavy atom. The average Bonchev–Trinajstić information content (AvgIpc) is 2.44. The van der Waals surface area contributed by atoms with Gasteiger partial charge in [-0.15, -0.1) is 4.91 Å². The van der Waals surface area contributed by atoms with Crippen LogP contribution in [0, 0.1) is 11.8 Å². The number of carbonyl (C=O) groups excluding carboxylic acids is 1. The molecule has 0 unspecified atom stereocenters. The van der Waals surface area contributed by atoms with Crippen LogP contribution in [0.4, 0.5) is 11.5 Å². The largest absolute Gasteiger partial charge is 0.361 e. The van der Waals surface area contributed by atoms with Gasteiger partial charge in [-0.25, -0.2) is 4.98 Å². The van der Waals surface area contributed by atoms with Crippen molar-refractivity contribution >= 4 is 41.8 Å². The molecule has 0 spiro atoms. The molecular weight excluding hydrogens is 366 g/mol. The lowest BCUT2D eigenvalue weighted by molar-refractivity contribution is -0.107. The molecule has 1 heterocycles. The molecule has 0 amide bonds. The first-order valence-corrected chi connectivity index (χ1v) is 11.5. The predicted octanol–water partition coefficient (Wildman–Crippen LogP) is 3.87. The zero-order valence-electron chi connectivity index (χ0n) is 13.4. The second-order valence-corrected chi connectivity index (χ2v) is 12.7. The highest BCUT2D eigenvalue weighted by Crippen LogP contribution is 2.33. The summed E-state index contributed by atoms with van der Waals surface area (Å²) in [7, 11) is -1.16. The molecule has 0 aliphatic carbocycles. The highest BCUT2D eigenvalue weighted by Gasteiger charge is 2.18. The Morgan fingerprint density at radius 1 is 1.45 bits per heavy atom. The van der Waals surface area contributed by atoms with E-state index >= 15 is 0 Å². The number of aldehydes is 1. The van der Waals surface area contributed by atoms with Crippen LogP contribution in [-0.4, -0.2) is 39.2 Å². The van der Waals surface area contributed by atoms with Crippen molar-refractivity contribution in [1.29, 1.82) is 0 Å². The maximum atomic E-state index is 11.1. The Morgan fingerprint density at radius 2 is 2.14 bits per heavy atom. The summed E-state index contributed by atoms with van der Waals surface area (Å²) in [5, 5.41) is 3.05. The van der Waals surface area contributed by atoms with Crippen LogP contribution < -0.4 is 4.90 Å². The Hall–Kier alpha value is -1.12. The molecule has 0 aromatic carbocycles. The highest BCUT2D eigenvalue weighted by molar-refractivity contribution is 9.10. The Balaban J connectivity index is 2.85. The molecule has 22 heavy (non-hydrogen) atoms. The summed E-state index contributed by atoms with van der Waals surface area (Å²) in [6.45, 7) is 9.53. The standard InChI is InChI=1S/C14H22BrN3O3Si/c1-11-12(15)9-16-14(13(11)17-20)18(5-6-19)10-21-7-8-22(2,3)4/h6,9H,5,7-8,10H2,1-4H3. The van der Waals surface area contributed by atoms with Crippen molar-refractivity contribution < 1.29 is 9.53 Å². The Kier molecular flexibility index (Phi) is 7.31. The van der Waals surface area contributed by atoms with Gasteiger partial charge in [0.15, 0.2) is 11.5 Å². The number of nitroso groups, excluding NO2 is 1. The minimum Gasteiger partial charge on any atom is -0.361 e. The number of ether oxygens (including phenoxy) is 1. The van der Waals surface area contributed by atoms with Gasteiger partial charge in [0, 0.05) is 25.4 Å². The van der Waals surface area contributed by atoms with Gasteiger partial charge in [0.1, 0.15) is 13.0 Å². The van der Waals surface area contributed by atoms with Gasteiger partial charge < -0.3 is 14.4 Å². The van der Waals surface area contributed by atoms with Gasteiger partial charge in [-0.2, -0.15) is 0 Å². The highest BCUT2D eigenvalue weighted by atomic mass is 79.9. The fraction of sp³-hybridized carbons (Fsp3) is 0.571. The summed E-state index contributed by atoms with van der Waals surface area (Å²) in [4.78, 5) is 27.8. The molecule has 0 aliphatic heterocycles. The molecule has 122 valence electrons. The first kappa shape index (κ1) is 18.9. The van der Waals surface area contributed by atoms with E-state index in [2.05, 4.69) is 45.7 Å². The maximum absolute atomic E-state index is 11.1. The van der Waals surface area contributed by atoms with Gasteiger partial charge in [0.25, 0.3) is 0 Å². The molecule has 0 N–H and O–H groups in total. The summed E-state index contributed by atoms with van der Waals surface area (Å²) in [5.41, 5.74) is 0.919. The number of hydrogen-bond donors (Lipinski definition) is 0.